The second-order valence-electron chi connectivity index (χ2n) is 6.47. The second-order valence-corrected chi connectivity index (χ2v) is 8.36. The third kappa shape index (κ3) is 3.54. The molecule has 1 N–H and O–H groups in total. The molecule has 1 aromatic carbocycles. The van der Waals surface area contributed by atoms with E-state index in [-0.39, 0.29) is 5.91 Å². The average molecular weight is 385 g/mol. The first-order valence-electron chi connectivity index (χ1n) is 8.61. The molecule has 0 spiro atoms. The molecule has 0 bridgehead atoms. The minimum Gasteiger partial charge on any atom is -0.325 e. The van der Waals surface area contributed by atoms with Crippen molar-refractivity contribution in [2.45, 2.75) is 37.9 Å². The van der Waals surface area contributed by atoms with E-state index >= 15 is 0 Å². The number of hydrogen-bond acceptors (Lipinski definition) is 5. The van der Waals surface area contributed by atoms with Crippen LogP contribution >= 0.6 is 23.1 Å². The Morgan fingerprint density at radius 3 is 2.85 bits per heavy atom. The van der Waals surface area contributed by atoms with Crippen molar-refractivity contribution in [1.29, 1.82) is 0 Å². The summed E-state index contributed by atoms with van der Waals surface area (Å²) < 4.78 is 2.20. The molecule has 7 heteroatoms. The largest absolute Gasteiger partial charge is 0.325 e. The Morgan fingerprint density at radius 2 is 2.12 bits per heavy atom. The lowest BCUT2D eigenvalue weighted by Crippen LogP contribution is -2.15. The molecule has 26 heavy (non-hydrogen) atoms. The van der Waals surface area contributed by atoms with Crippen LogP contribution in [-0.2, 0) is 4.79 Å². The van der Waals surface area contributed by atoms with E-state index in [1.165, 1.54) is 17.3 Å². The highest BCUT2D eigenvalue weighted by Gasteiger charge is 2.30. The predicted molar refractivity (Wildman–Crippen MR) is 107 cm³/mol. The Kier molecular flexibility index (Phi) is 4.82. The number of carbonyl (C=O) groups is 1. The normalized spacial score (nSPS) is 13.8. The quantitative estimate of drug-likeness (QED) is 0.627. The van der Waals surface area contributed by atoms with Crippen LogP contribution in [0.1, 0.15) is 30.0 Å². The van der Waals surface area contributed by atoms with E-state index < -0.39 is 0 Å². The summed E-state index contributed by atoms with van der Waals surface area (Å²) in [6, 6.07) is 10.5. The number of thioether (sulfide) groups is 1. The van der Waals surface area contributed by atoms with Gasteiger partial charge in [-0.05, 0) is 55.3 Å². The summed E-state index contributed by atoms with van der Waals surface area (Å²) in [6.45, 7) is 4.07. The van der Waals surface area contributed by atoms with E-state index in [1.807, 2.05) is 43.5 Å². The molecule has 1 saturated carbocycles. The number of amides is 1. The first kappa shape index (κ1) is 17.3. The maximum Gasteiger partial charge on any atom is 0.234 e. The fourth-order valence-electron chi connectivity index (χ4n) is 2.81. The van der Waals surface area contributed by atoms with Gasteiger partial charge in [-0.15, -0.1) is 21.5 Å². The molecule has 0 radical (unpaired) electrons. The van der Waals surface area contributed by atoms with Gasteiger partial charge in [0.05, 0.1) is 10.6 Å². The van der Waals surface area contributed by atoms with Gasteiger partial charge in [0, 0.05) is 11.7 Å². The van der Waals surface area contributed by atoms with E-state index in [2.05, 4.69) is 26.1 Å². The van der Waals surface area contributed by atoms with Crippen molar-refractivity contribution < 1.29 is 4.79 Å². The highest BCUT2D eigenvalue weighted by Crippen LogP contribution is 2.41. The number of nitrogens with zero attached hydrogens (tertiary/aromatic N) is 3. The van der Waals surface area contributed by atoms with Gasteiger partial charge in [-0.3, -0.25) is 9.36 Å². The smallest absolute Gasteiger partial charge is 0.234 e. The van der Waals surface area contributed by atoms with E-state index in [1.54, 1.807) is 11.3 Å². The molecule has 1 amide bonds. The number of aryl methyl sites for hydroxylation is 1. The molecule has 1 aliphatic carbocycles. The van der Waals surface area contributed by atoms with Crippen LogP contribution in [0.25, 0.3) is 10.7 Å². The van der Waals surface area contributed by atoms with Crippen LogP contribution in [0.5, 0.6) is 0 Å². The van der Waals surface area contributed by atoms with Gasteiger partial charge in [0.15, 0.2) is 11.0 Å². The number of anilines is 1. The molecule has 0 saturated heterocycles. The van der Waals surface area contributed by atoms with Gasteiger partial charge in [-0.2, -0.15) is 0 Å². The number of carbonyl (C=O) groups excluding carboxylic acids is 1. The number of aromatic nitrogens is 3. The van der Waals surface area contributed by atoms with E-state index in [0.717, 1.165) is 40.0 Å². The zero-order valence-electron chi connectivity index (χ0n) is 14.7. The van der Waals surface area contributed by atoms with Crippen molar-refractivity contribution in [3.8, 4) is 10.7 Å². The standard InChI is InChI=1S/C19H20N4OS2/c1-12-5-3-6-15(13(12)2)20-17(24)11-26-19-22-21-18(16-7-4-10-25-16)23(19)14-8-9-14/h3-7,10,14H,8-9,11H2,1-2H3,(H,20,24). The number of thiophene rings is 1. The van der Waals surface area contributed by atoms with Crippen LogP contribution in [-0.4, -0.2) is 26.4 Å². The summed E-state index contributed by atoms with van der Waals surface area (Å²) in [5, 5.41) is 14.6. The van der Waals surface area contributed by atoms with Crippen LogP contribution in [0.2, 0.25) is 0 Å². The highest BCUT2D eigenvalue weighted by molar-refractivity contribution is 7.99. The SMILES string of the molecule is Cc1cccc(NC(=O)CSc2nnc(-c3cccs3)n2C2CC2)c1C. The minimum absolute atomic E-state index is 0.0216. The lowest BCUT2D eigenvalue weighted by Gasteiger charge is -2.11. The molecule has 134 valence electrons. The number of benzene rings is 1. The molecular formula is C19H20N4OS2. The summed E-state index contributed by atoms with van der Waals surface area (Å²) in [4.78, 5) is 13.5. The number of nitrogens with one attached hydrogen (secondary N) is 1. The second kappa shape index (κ2) is 7.25. The molecule has 5 nitrogen and oxygen atoms in total. The highest BCUT2D eigenvalue weighted by atomic mass is 32.2. The van der Waals surface area contributed by atoms with Crippen molar-refractivity contribution in [3.05, 3.63) is 46.8 Å². The van der Waals surface area contributed by atoms with Gasteiger partial charge in [0.25, 0.3) is 0 Å². The molecule has 0 atom stereocenters. The van der Waals surface area contributed by atoms with Gasteiger partial charge in [0.1, 0.15) is 0 Å². The van der Waals surface area contributed by atoms with Gasteiger partial charge in [0.2, 0.25) is 5.91 Å². The molecule has 1 fully saturated rings. The average Bonchev–Trinajstić information content (AvgIpc) is 3.16. The maximum absolute atomic E-state index is 12.4. The molecule has 2 aromatic heterocycles. The third-order valence-corrected chi connectivity index (χ3v) is 6.34. The molecule has 1 aliphatic rings. The topological polar surface area (TPSA) is 59.8 Å². The summed E-state index contributed by atoms with van der Waals surface area (Å²) >= 11 is 3.12. The van der Waals surface area contributed by atoms with E-state index in [9.17, 15) is 4.79 Å². The van der Waals surface area contributed by atoms with E-state index in [4.69, 9.17) is 0 Å². The van der Waals surface area contributed by atoms with Gasteiger partial charge < -0.3 is 5.32 Å². The van der Waals surface area contributed by atoms with Crippen LogP contribution in [0, 0.1) is 13.8 Å². The molecular weight excluding hydrogens is 364 g/mol. The van der Waals surface area contributed by atoms with Crippen molar-refractivity contribution in [3.63, 3.8) is 0 Å². The number of rotatable bonds is 6. The first-order valence-corrected chi connectivity index (χ1v) is 10.5. The Morgan fingerprint density at radius 1 is 1.27 bits per heavy atom. The Hall–Kier alpha value is -2.12. The zero-order chi connectivity index (χ0) is 18.1. The molecule has 4 rings (SSSR count). The van der Waals surface area contributed by atoms with Crippen LogP contribution < -0.4 is 5.32 Å². The minimum atomic E-state index is -0.0216. The lowest BCUT2D eigenvalue weighted by atomic mass is 10.1. The molecule has 3 aromatic rings. The summed E-state index contributed by atoms with van der Waals surface area (Å²) in [6.07, 6.45) is 2.30. The molecule has 0 aliphatic heterocycles. The van der Waals surface area contributed by atoms with Gasteiger partial charge >= 0.3 is 0 Å². The maximum atomic E-state index is 12.4. The third-order valence-electron chi connectivity index (χ3n) is 4.53. The van der Waals surface area contributed by atoms with Crippen LogP contribution in [0.15, 0.2) is 40.9 Å². The first-order chi connectivity index (χ1) is 12.6. The van der Waals surface area contributed by atoms with Gasteiger partial charge in [-0.1, -0.05) is 30.0 Å². The van der Waals surface area contributed by atoms with Crippen molar-refractivity contribution >= 4 is 34.7 Å². The molecule has 2 heterocycles. The zero-order valence-corrected chi connectivity index (χ0v) is 16.4. The fourth-order valence-corrected chi connectivity index (χ4v) is 4.33. The summed E-state index contributed by atoms with van der Waals surface area (Å²) in [5.41, 5.74) is 3.15. The van der Waals surface area contributed by atoms with Gasteiger partial charge in [-0.25, -0.2) is 0 Å². The summed E-state index contributed by atoms with van der Waals surface area (Å²) in [5.74, 6) is 1.22. The van der Waals surface area contributed by atoms with Crippen molar-refractivity contribution in [2.24, 2.45) is 0 Å². The van der Waals surface area contributed by atoms with Crippen LogP contribution in [0.3, 0.4) is 0 Å². The van der Waals surface area contributed by atoms with Crippen LogP contribution in [0.4, 0.5) is 5.69 Å². The Bertz CT molecular complexity index is 929. The van der Waals surface area contributed by atoms with Crippen molar-refractivity contribution in [2.75, 3.05) is 11.1 Å². The van der Waals surface area contributed by atoms with E-state index in [0.29, 0.717) is 11.8 Å². The predicted octanol–water partition coefficient (Wildman–Crippen LogP) is 4.69. The Balaban J connectivity index is 1.46. The monoisotopic (exact) mass is 384 g/mol. The Labute approximate surface area is 160 Å². The fraction of sp³-hybridized carbons (Fsp3) is 0.316. The summed E-state index contributed by atoms with van der Waals surface area (Å²) in [7, 11) is 0. The molecule has 0 unspecified atom stereocenters. The van der Waals surface area contributed by atoms with Crippen molar-refractivity contribution in [1.82, 2.24) is 14.8 Å². The lowest BCUT2D eigenvalue weighted by molar-refractivity contribution is -0.113. The number of hydrogen-bond donors (Lipinski definition) is 1.